The first-order valence-electron chi connectivity index (χ1n) is 13.1. The second-order valence-electron chi connectivity index (χ2n) is 9.79. The van der Waals surface area contributed by atoms with Gasteiger partial charge in [-0.2, -0.15) is 4.39 Å². The van der Waals surface area contributed by atoms with Crippen LogP contribution in [0.15, 0.2) is 60.7 Å². The van der Waals surface area contributed by atoms with Gasteiger partial charge in [0.2, 0.25) is 5.82 Å². The largest absolute Gasteiger partial charge is 0.494 e. The predicted molar refractivity (Wildman–Crippen MR) is 142 cm³/mol. The van der Waals surface area contributed by atoms with Crippen LogP contribution in [0.4, 0.5) is 13.2 Å². The minimum atomic E-state index is -1.02. The van der Waals surface area contributed by atoms with Crippen molar-refractivity contribution in [3.8, 4) is 28.0 Å². The van der Waals surface area contributed by atoms with Crippen LogP contribution in [-0.4, -0.2) is 7.11 Å². The van der Waals surface area contributed by atoms with Crippen LogP contribution >= 0.6 is 0 Å². The van der Waals surface area contributed by atoms with E-state index in [1.54, 1.807) is 30.3 Å². The van der Waals surface area contributed by atoms with Gasteiger partial charge in [-0.15, -0.1) is 0 Å². The summed E-state index contributed by atoms with van der Waals surface area (Å²) in [6.45, 7) is 2.24. The minimum absolute atomic E-state index is 0.138. The van der Waals surface area contributed by atoms with E-state index in [0.29, 0.717) is 16.7 Å². The molecule has 0 N–H and O–H groups in total. The molecular formula is C32H35F3O. The Morgan fingerprint density at radius 1 is 0.778 bits per heavy atom. The summed E-state index contributed by atoms with van der Waals surface area (Å²) in [5.41, 5.74) is 4.02. The summed E-state index contributed by atoms with van der Waals surface area (Å²) >= 11 is 0. The van der Waals surface area contributed by atoms with Crippen LogP contribution in [0.3, 0.4) is 0 Å². The Morgan fingerprint density at radius 2 is 1.44 bits per heavy atom. The lowest BCUT2D eigenvalue weighted by Gasteiger charge is -2.22. The van der Waals surface area contributed by atoms with Crippen molar-refractivity contribution in [2.75, 3.05) is 7.11 Å². The molecule has 1 unspecified atom stereocenters. The summed E-state index contributed by atoms with van der Waals surface area (Å²) < 4.78 is 48.5. The average Bonchev–Trinajstić information content (AvgIpc) is 2.91. The molecule has 0 bridgehead atoms. The van der Waals surface area contributed by atoms with Crippen molar-refractivity contribution in [3.63, 3.8) is 0 Å². The summed E-state index contributed by atoms with van der Waals surface area (Å²) in [4.78, 5) is 0. The topological polar surface area (TPSA) is 9.23 Å². The number of allylic oxidation sites excluding steroid dienone is 2. The van der Waals surface area contributed by atoms with Crippen molar-refractivity contribution in [1.29, 1.82) is 0 Å². The smallest absolute Gasteiger partial charge is 0.201 e. The second kappa shape index (κ2) is 12.3. The first-order chi connectivity index (χ1) is 17.5. The Morgan fingerprint density at radius 3 is 2.08 bits per heavy atom. The summed E-state index contributed by atoms with van der Waals surface area (Å²) in [5.74, 6) is -1.64. The van der Waals surface area contributed by atoms with Crippen molar-refractivity contribution in [1.82, 2.24) is 0 Å². The number of benzene rings is 3. The molecule has 0 radical (unpaired) electrons. The molecule has 4 heteroatoms. The Bertz CT molecular complexity index is 1200. The summed E-state index contributed by atoms with van der Waals surface area (Å²) in [6.07, 6.45) is 13.4. The van der Waals surface area contributed by atoms with Crippen LogP contribution in [0.25, 0.3) is 27.8 Å². The molecule has 1 aliphatic carbocycles. The zero-order valence-electron chi connectivity index (χ0n) is 21.3. The van der Waals surface area contributed by atoms with E-state index in [2.05, 4.69) is 13.0 Å². The van der Waals surface area contributed by atoms with Crippen molar-refractivity contribution >= 4 is 5.57 Å². The maximum absolute atomic E-state index is 15.1. The van der Waals surface area contributed by atoms with E-state index >= 15 is 4.39 Å². The number of halogens is 3. The van der Waals surface area contributed by atoms with Crippen molar-refractivity contribution in [2.45, 2.75) is 64.7 Å². The number of hydrogen-bond acceptors (Lipinski definition) is 1. The standard InChI is InChI=1S/C32H35F3O/c1-3-4-5-6-7-8-22-9-11-23(12-10-22)26-17-18-27(29(33)21-26)24-13-15-25(16-14-24)28-19-20-30(36-2)32(35)31(28)34/h11,13-22H,3-10,12H2,1-2H3. The molecule has 0 aromatic heterocycles. The number of hydrogen-bond donors (Lipinski definition) is 0. The van der Waals surface area contributed by atoms with E-state index < -0.39 is 11.6 Å². The lowest BCUT2D eigenvalue weighted by atomic mass is 9.83. The zero-order chi connectivity index (χ0) is 25.5. The fourth-order valence-corrected chi connectivity index (χ4v) is 5.14. The molecule has 190 valence electrons. The van der Waals surface area contributed by atoms with Crippen LogP contribution in [0.2, 0.25) is 0 Å². The Labute approximate surface area is 213 Å². The quantitative estimate of drug-likeness (QED) is 0.256. The first-order valence-corrected chi connectivity index (χ1v) is 13.1. The number of methoxy groups -OCH3 is 1. The second-order valence-corrected chi connectivity index (χ2v) is 9.79. The van der Waals surface area contributed by atoms with Gasteiger partial charge in [-0.25, -0.2) is 8.78 Å². The molecule has 1 aliphatic rings. The number of unbranched alkanes of at least 4 members (excludes halogenated alkanes) is 4. The molecule has 1 nitrogen and oxygen atoms in total. The minimum Gasteiger partial charge on any atom is -0.494 e. The van der Waals surface area contributed by atoms with Crippen molar-refractivity contribution < 1.29 is 17.9 Å². The van der Waals surface area contributed by atoms with E-state index in [4.69, 9.17) is 4.74 Å². The van der Waals surface area contributed by atoms with Crippen LogP contribution < -0.4 is 4.74 Å². The molecule has 1 atom stereocenters. The van der Waals surface area contributed by atoms with Crippen molar-refractivity contribution in [2.24, 2.45) is 5.92 Å². The lowest BCUT2D eigenvalue weighted by molar-refractivity contribution is 0.372. The van der Waals surface area contributed by atoms with Crippen molar-refractivity contribution in [3.05, 3.63) is 83.7 Å². The highest BCUT2D eigenvalue weighted by molar-refractivity contribution is 5.74. The van der Waals surface area contributed by atoms with Gasteiger partial charge in [-0.1, -0.05) is 87.9 Å². The molecule has 3 aromatic rings. The molecule has 4 rings (SSSR count). The molecule has 0 heterocycles. The fraction of sp³-hybridized carbons (Fsp3) is 0.375. The van der Waals surface area contributed by atoms with Gasteiger partial charge < -0.3 is 4.74 Å². The van der Waals surface area contributed by atoms with Gasteiger partial charge in [0.1, 0.15) is 5.82 Å². The highest BCUT2D eigenvalue weighted by Gasteiger charge is 2.18. The molecule has 0 spiro atoms. The predicted octanol–water partition coefficient (Wildman–Crippen LogP) is 9.99. The van der Waals surface area contributed by atoms with E-state index in [1.807, 2.05) is 12.1 Å². The SMILES string of the molecule is CCCCCCCC1CC=C(c2ccc(-c3ccc(-c4ccc(OC)c(F)c4F)cc3)c(F)c2)CC1. The maximum Gasteiger partial charge on any atom is 0.201 e. The van der Waals surface area contributed by atoms with Gasteiger partial charge in [0.15, 0.2) is 11.6 Å². The Hall–Kier alpha value is -3.01. The molecule has 0 fully saturated rings. The van der Waals surface area contributed by atoms with E-state index in [-0.39, 0.29) is 17.1 Å². The third-order valence-corrected chi connectivity index (χ3v) is 7.35. The fourth-order valence-electron chi connectivity index (χ4n) is 5.14. The Kier molecular flexibility index (Phi) is 8.90. The summed E-state index contributed by atoms with van der Waals surface area (Å²) in [6, 6.07) is 15.1. The summed E-state index contributed by atoms with van der Waals surface area (Å²) in [7, 11) is 1.30. The molecule has 0 aliphatic heterocycles. The number of ether oxygens (including phenoxy) is 1. The van der Waals surface area contributed by atoms with Gasteiger partial charge >= 0.3 is 0 Å². The highest BCUT2D eigenvalue weighted by Crippen LogP contribution is 2.35. The van der Waals surface area contributed by atoms with Gasteiger partial charge in [0.25, 0.3) is 0 Å². The Balaban J connectivity index is 1.42. The van der Waals surface area contributed by atoms with Crippen LogP contribution in [0, 0.1) is 23.4 Å². The van der Waals surface area contributed by atoms with E-state index in [1.165, 1.54) is 69.8 Å². The number of rotatable bonds is 10. The maximum atomic E-state index is 15.1. The van der Waals surface area contributed by atoms with Gasteiger partial charge in [-0.05, 0) is 65.6 Å². The van der Waals surface area contributed by atoms with E-state index in [0.717, 1.165) is 24.3 Å². The van der Waals surface area contributed by atoms with Gasteiger partial charge in [0, 0.05) is 11.1 Å². The third-order valence-electron chi connectivity index (χ3n) is 7.35. The first kappa shape index (κ1) is 26.1. The molecule has 0 saturated carbocycles. The summed E-state index contributed by atoms with van der Waals surface area (Å²) in [5, 5.41) is 0. The molecule has 0 amide bonds. The third kappa shape index (κ3) is 6.03. The lowest BCUT2D eigenvalue weighted by Crippen LogP contribution is -2.05. The molecule has 36 heavy (non-hydrogen) atoms. The van der Waals surface area contributed by atoms with Crippen LogP contribution in [0.1, 0.15) is 70.3 Å². The molecular weight excluding hydrogens is 457 g/mol. The monoisotopic (exact) mass is 492 g/mol. The normalized spacial score (nSPS) is 15.6. The molecule has 3 aromatic carbocycles. The average molecular weight is 493 g/mol. The van der Waals surface area contributed by atoms with Crippen LogP contribution in [0.5, 0.6) is 5.75 Å². The van der Waals surface area contributed by atoms with Crippen LogP contribution in [-0.2, 0) is 0 Å². The highest BCUT2D eigenvalue weighted by atomic mass is 19.2. The van der Waals surface area contributed by atoms with E-state index in [9.17, 15) is 8.78 Å². The zero-order valence-corrected chi connectivity index (χ0v) is 21.3. The van der Waals surface area contributed by atoms with Gasteiger partial charge in [0.05, 0.1) is 7.11 Å². The van der Waals surface area contributed by atoms with Gasteiger partial charge in [-0.3, -0.25) is 0 Å². The molecule has 0 saturated heterocycles.